The van der Waals surface area contributed by atoms with Crippen LogP contribution in [0.3, 0.4) is 0 Å². The molecule has 2 unspecified atom stereocenters. The molecular formula is C24H36O4. The predicted octanol–water partition coefficient (Wildman–Crippen LogP) is 5.70. The van der Waals surface area contributed by atoms with E-state index in [-0.39, 0.29) is 23.1 Å². The summed E-state index contributed by atoms with van der Waals surface area (Å²) in [5.74, 6) is -1.00. The minimum atomic E-state index is -0.400. The maximum Gasteiger partial charge on any atom is 0.208 e. The Kier molecular flexibility index (Phi) is 9.98. The third kappa shape index (κ3) is 6.81. The Morgan fingerprint density at radius 3 is 1.86 bits per heavy atom. The van der Waals surface area contributed by atoms with Gasteiger partial charge >= 0.3 is 0 Å². The third-order valence-electron chi connectivity index (χ3n) is 5.26. The van der Waals surface area contributed by atoms with Gasteiger partial charge in [-0.15, -0.1) is 0 Å². The number of Topliss-reactive ketones (excluding diaryl/α,β-unsaturated/α-hetero) is 2. The van der Waals surface area contributed by atoms with Gasteiger partial charge in [0, 0.05) is 11.8 Å². The predicted molar refractivity (Wildman–Crippen MR) is 114 cm³/mol. The van der Waals surface area contributed by atoms with E-state index in [0.717, 1.165) is 25.7 Å². The van der Waals surface area contributed by atoms with Gasteiger partial charge in [-0.3, -0.25) is 9.59 Å². The lowest BCUT2D eigenvalue weighted by Crippen LogP contribution is -2.37. The molecule has 1 aliphatic rings. The first-order valence-corrected chi connectivity index (χ1v) is 10.1. The molecule has 1 rings (SSSR count). The summed E-state index contributed by atoms with van der Waals surface area (Å²) in [5.41, 5.74) is 4.01. The van der Waals surface area contributed by atoms with E-state index in [2.05, 4.69) is 45.9 Å². The number of hydrogen-bond donors (Lipinski definition) is 0. The zero-order valence-electron chi connectivity index (χ0n) is 18.6. The molecule has 0 radical (unpaired) electrons. The highest BCUT2D eigenvalue weighted by Gasteiger charge is 2.42. The van der Waals surface area contributed by atoms with Crippen LogP contribution in [0.15, 0.2) is 46.5 Å². The number of carbonyl (C=O) groups is 2. The summed E-state index contributed by atoms with van der Waals surface area (Å²) in [7, 11) is 2.80. The minimum absolute atomic E-state index is 0.0469. The number of methoxy groups -OCH3 is 2. The molecule has 0 saturated carbocycles. The van der Waals surface area contributed by atoms with Gasteiger partial charge in [-0.2, -0.15) is 0 Å². The van der Waals surface area contributed by atoms with Crippen molar-refractivity contribution in [2.24, 2.45) is 11.8 Å². The Morgan fingerprint density at radius 1 is 0.821 bits per heavy atom. The topological polar surface area (TPSA) is 52.6 Å². The van der Waals surface area contributed by atoms with Crippen molar-refractivity contribution >= 4 is 11.6 Å². The fourth-order valence-corrected chi connectivity index (χ4v) is 3.37. The summed E-state index contributed by atoms with van der Waals surface area (Å²) in [5, 5.41) is 0. The van der Waals surface area contributed by atoms with E-state index in [9.17, 15) is 9.59 Å². The first kappa shape index (κ1) is 23.9. The summed E-state index contributed by atoms with van der Waals surface area (Å²) < 4.78 is 10.2. The fraction of sp³-hybridized carbons (Fsp3) is 0.583. The summed E-state index contributed by atoms with van der Waals surface area (Å²) in [6.07, 6.45) is 11.3. The summed E-state index contributed by atoms with van der Waals surface area (Å²) in [6.45, 7) is 10.3. The van der Waals surface area contributed by atoms with Crippen LogP contribution in [0.25, 0.3) is 0 Å². The smallest absolute Gasteiger partial charge is 0.208 e. The molecule has 4 nitrogen and oxygen atoms in total. The van der Waals surface area contributed by atoms with E-state index in [4.69, 9.17) is 9.47 Å². The molecular weight excluding hydrogens is 352 g/mol. The molecule has 2 atom stereocenters. The first-order valence-electron chi connectivity index (χ1n) is 10.1. The van der Waals surface area contributed by atoms with Crippen molar-refractivity contribution < 1.29 is 19.1 Å². The molecule has 0 N–H and O–H groups in total. The zero-order chi connectivity index (χ0) is 21.3. The average Bonchev–Trinajstić information content (AvgIpc) is 2.64. The van der Waals surface area contributed by atoms with Crippen LogP contribution in [-0.4, -0.2) is 25.8 Å². The van der Waals surface area contributed by atoms with Crippen LogP contribution in [-0.2, 0) is 19.1 Å². The van der Waals surface area contributed by atoms with E-state index in [1.54, 1.807) is 6.92 Å². The maximum atomic E-state index is 12.7. The van der Waals surface area contributed by atoms with Gasteiger partial charge in [-0.05, 0) is 59.8 Å². The van der Waals surface area contributed by atoms with Gasteiger partial charge in [0.25, 0.3) is 0 Å². The maximum absolute atomic E-state index is 12.7. The molecule has 0 aromatic rings. The Balaban J connectivity index is 2.65. The number of hydrogen-bond acceptors (Lipinski definition) is 4. The quantitative estimate of drug-likeness (QED) is 0.450. The van der Waals surface area contributed by atoms with Crippen LogP contribution in [0.2, 0.25) is 0 Å². The minimum Gasteiger partial charge on any atom is -0.490 e. The van der Waals surface area contributed by atoms with Crippen molar-refractivity contribution in [3.63, 3.8) is 0 Å². The van der Waals surface area contributed by atoms with Crippen molar-refractivity contribution in [3.05, 3.63) is 46.5 Å². The second-order valence-corrected chi connectivity index (χ2v) is 7.89. The molecule has 0 heterocycles. The largest absolute Gasteiger partial charge is 0.490 e. The summed E-state index contributed by atoms with van der Waals surface area (Å²) in [4.78, 5) is 25.1. The number of rotatable bonds is 10. The first-order chi connectivity index (χ1) is 13.2. The number of carbonyl (C=O) groups excluding carboxylic acids is 2. The van der Waals surface area contributed by atoms with Gasteiger partial charge in [0.05, 0.1) is 14.2 Å². The van der Waals surface area contributed by atoms with Crippen LogP contribution in [0, 0.1) is 11.8 Å². The van der Waals surface area contributed by atoms with Crippen LogP contribution in [0.5, 0.6) is 0 Å². The molecule has 0 bridgehead atoms. The van der Waals surface area contributed by atoms with Crippen LogP contribution in [0.4, 0.5) is 0 Å². The van der Waals surface area contributed by atoms with E-state index < -0.39 is 11.8 Å². The highest BCUT2D eigenvalue weighted by Crippen LogP contribution is 2.32. The van der Waals surface area contributed by atoms with Gasteiger partial charge in [0.15, 0.2) is 0 Å². The van der Waals surface area contributed by atoms with Crippen molar-refractivity contribution in [2.45, 2.75) is 66.7 Å². The second-order valence-electron chi connectivity index (χ2n) is 7.89. The van der Waals surface area contributed by atoms with Crippen molar-refractivity contribution in [3.8, 4) is 0 Å². The third-order valence-corrected chi connectivity index (χ3v) is 5.26. The standard InChI is InChI=1S/C24H36O4/c1-16(2)10-8-11-17(3)12-9-13-18(4)14-15-20-19(5)21(25)23(27-6)24(28-7)22(20)26/h10,12,14,19-20H,8-9,11,13,15H2,1-7H3/b17-12+,18-14+. The van der Waals surface area contributed by atoms with Crippen LogP contribution >= 0.6 is 0 Å². The molecule has 156 valence electrons. The Labute approximate surface area is 170 Å². The Morgan fingerprint density at radius 2 is 1.32 bits per heavy atom. The zero-order valence-corrected chi connectivity index (χ0v) is 18.6. The molecule has 4 heteroatoms. The summed E-state index contributed by atoms with van der Waals surface area (Å²) in [6, 6.07) is 0. The molecule has 0 aromatic heterocycles. The van der Waals surface area contributed by atoms with E-state index in [1.165, 1.54) is 30.9 Å². The Hall–Kier alpha value is -2.10. The lowest BCUT2D eigenvalue weighted by Gasteiger charge is -2.27. The van der Waals surface area contributed by atoms with E-state index in [1.807, 2.05) is 0 Å². The fourth-order valence-electron chi connectivity index (χ4n) is 3.37. The Bertz CT molecular complexity index is 687. The molecule has 28 heavy (non-hydrogen) atoms. The van der Waals surface area contributed by atoms with Gasteiger partial charge in [0.2, 0.25) is 23.1 Å². The van der Waals surface area contributed by atoms with Crippen molar-refractivity contribution in [1.29, 1.82) is 0 Å². The second kappa shape index (κ2) is 11.7. The number of ketones is 2. The highest BCUT2D eigenvalue weighted by molar-refractivity contribution is 6.11. The van der Waals surface area contributed by atoms with E-state index in [0.29, 0.717) is 6.42 Å². The number of ether oxygens (including phenoxy) is 2. The summed E-state index contributed by atoms with van der Waals surface area (Å²) >= 11 is 0. The highest BCUT2D eigenvalue weighted by atomic mass is 16.5. The van der Waals surface area contributed by atoms with Crippen LogP contribution < -0.4 is 0 Å². The van der Waals surface area contributed by atoms with Gasteiger partial charge < -0.3 is 9.47 Å². The van der Waals surface area contributed by atoms with Crippen LogP contribution in [0.1, 0.15) is 66.7 Å². The molecule has 0 fully saturated rings. The molecule has 1 aliphatic carbocycles. The lowest BCUT2D eigenvalue weighted by atomic mass is 9.78. The van der Waals surface area contributed by atoms with Crippen molar-refractivity contribution in [2.75, 3.05) is 14.2 Å². The molecule has 0 aliphatic heterocycles. The van der Waals surface area contributed by atoms with Crippen molar-refractivity contribution in [1.82, 2.24) is 0 Å². The molecule has 0 amide bonds. The van der Waals surface area contributed by atoms with Gasteiger partial charge in [-0.25, -0.2) is 0 Å². The number of allylic oxidation sites excluding steroid dienone is 8. The molecule has 0 spiro atoms. The monoisotopic (exact) mass is 388 g/mol. The lowest BCUT2D eigenvalue weighted by molar-refractivity contribution is -0.135. The molecule has 0 aromatic carbocycles. The average molecular weight is 389 g/mol. The van der Waals surface area contributed by atoms with E-state index >= 15 is 0 Å². The van der Waals surface area contributed by atoms with Gasteiger partial charge in [0.1, 0.15) is 0 Å². The molecule has 0 saturated heterocycles. The van der Waals surface area contributed by atoms with Gasteiger partial charge in [-0.1, -0.05) is 41.9 Å². The normalized spacial score (nSPS) is 21.1. The SMILES string of the molecule is COC1=C(OC)C(=O)C(C/C=C(\C)CC/C=C(\C)CCC=C(C)C)C(C)C1=O.